The Hall–Kier alpha value is -1.87. The fraction of sp³-hybridized carbons (Fsp3) is 0.333. The molecule has 2 N–H and O–H groups in total. The SMILES string of the molecule is CC(NC(C)(C)CNS(=O)(=O)c1cccc2nsnc12)c1ccccc1. The lowest BCUT2D eigenvalue weighted by atomic mass is 10.0. The molecule has 0 saturated carbocycles. The fourth-order valence-corrected chi connectivity index (χ4v) is 4.79. The number of nitrogens with one attached hydrogen (secondary N) is 2. The van der Waals surface area contributed by atoms with Gasteiger partial charge in [-0.25, -0.2) is 13.1 Å². The second-order valence-electron chi connectivity index (χ2n) is 6.87. The zero-order valence-corrected chi connectivity index (χ0v) is 16.6. The van der Waals surface area contributed by atoms with Gasteiger partial charge in [-0.05, 0) is 38.5 Å². The number of sulfonamides is 1. The van der Waals surface area contributed by atoms with Crippen LogP contribution in [-0.2, 0) is 10.0 Å². The molecule has 0 aliphatic rings. The number of hydrogen-bond donors (Lipinski definition) is 2. The molecule has 0 bridgehead atoms. The number of benzene rings is 2. The van der Waals surface area contributed by atoms with Crippen molar-refractivity contribution in [3.8, 4) is 0 Å². The zero-order chi connectivity index (χ0) is 18.8. The molecule has 1 unspecified atom stereocenters. The minimum absolute atomic E-state index is 0.0990. The van der Waals surface area contributed by atoms with E-state index in [4.69, 9.17) is 0 Å². The Morgan fingerprint density at radius 3 is 2.54 bits per heavy atom. The van der Waals surface area contributed by atoms with Crippen LogP contribution in [0.25, 0.3) is 11.0 Å². The molecule has 0 spiro atoms. The highest BCUT2D eigenvalue weighted by Gasteiger charge is 2.25. The Balaban J connectivity index is 1.71. The summed E-state index contributed by atoms with van der Waals surface area (Å²) < 4.78 is 36.4. The molecule has 8 heteroatoms. The molecule has 26 heavy (non-hydrogen) atoms. The first-order chi connectivity index (χ1) is 12.3. The Bertz CT molecular complexity index is 985. The quantitative estimate of drug-likeness (QED) is 0.648. The Labute approximate surface area is 158 Å². The van der Waals surface area contributed by atoms with Crippen LogP contribution in [0, 0.1) is 0 Å². The molecule has 3 aromatic rings. The van der Waals surface area contributed by atoms with E-state index in [0.717, 1.165) is 17.3 Å². The number of fused-ring (bicyclic) bond motifs is 1. The van der Waals surface area contributed by atoms with E-state index >= 15 is 0 Å². The summed E-state index contributed by atoms with van der Waals surface area (Å²) in [4.78, 5) is 0.163. The monoisotopic (exact) mass is 390 g/mol. The molecular weight excluding hydrogens is 368 g/mol. The molecule has 0 aliphatic carbocycles. The predicted molar refractivity (Wildman–Crippen MR) is 105 cm³/mol. The van der Waals surface area contributed by atoms with Gasteiger partial charge in [-0.1, -0.05) is 36.4 Å². The van der Waals surface area contributed by atoms with E-state index in [1.54, 1.807) is 18.2 Å². The number of nitrogens with zero attached hydrogens (tertiary/aromatic N) is 2. The van der Waals surface area contributed by atoms with Crippen LogP contribution < -0.4 is 10.0 Å². The smallest absolute Gasteiger partial charge is 0.242 e. The average molecular weight is 391 g/mol. The number of aromatic nitrogens is 2. The van der Waals surface area contributed by atoms with Crippen molar-refractivity contribution in [2.24, 2.45) is 0 Å². The minimum Gasteiger partial charge on any atom is -0.304 e. The van der Waals surface area contributed by atoms with Crippen molar-refractivity contribution in [2.75, 3.05) is 6.54 Å². The van der Waals surface area contributed by atoms with E-state index in [0.29, 0.717) is 11.0 Å². The van der Waals surface area contributed by atoms with Gasteiger partial charge in [-0.3, -0.25) is 0 Å². The Morgan fingerprint density at radius 1 is 1.08 bits per heavy atom. The zero-order valence-electron chi connectivity index (χ0n) is 14.9. The maximum Gasteiger partial charge on any atom is 0.242 e. The van der Waals surface area contributed by atoms with Crippen LogP contribution in [0.2, 0.25) is 0 Å². The van der Waals surface area contributed by atoms with Crippen molar-refractivity contribution < 1.29 is 8.42 Å². The molecule has 138 valence electrons. The third-order valence-electron chi connectivity index (χ3n) is 4.15. The fourth-order valence-electron chi connectivity index (χ4n) is 2.81. The van der Waals surface area contributed by atoms with Gasteiger partial charge in [0.05, 0.1) is 11.7 Å². The summed E-state index contributed by atoms with van der Waals surface area (Å²) in [5, 5.41) is 3.48. The van der Waals surface area contributed by atoms with E-state index in [-0.39, 0.29) is 17.5 Å². The van der Waals surface area contributed by atoms with Crippen LogP contribution in [0.5, 0.6) is 0 Å². The van der Waals surface area contributed by atoms with Gasteiger partial charge in [0.25, 0.3) is 0 Å². The minimum atomic E-state index is -3.68. The average Bonchev–Trinajstić information content (AvgIpc) is 3.09. The summed E-state index contributed by atoms with van der Waals surface area (Å²) in [6.07, 6.45) is 0. The third kappa shape index (κ3) is 4.27. The van der Waals surface area contributed by atoms with E-state index in [1.165, 1.54) is 0 Å². The number of hydrogen-bond acceptors (Lipinski definition) is 6. The van der Waals surface area contributed by atoms with Crippen molar-refractivity contribution in [1.29, 1.82) is 0 Å². The van der Waals surface area contributed by atoms with Gasteiger partial charge < -0.3 is 5.32 Å². The first kappa shape index (κ1) is 18.9. The summed E-state index contributed by atoms with van der Waals surface area (Å²) >= 11 is 1.01. The molecule has 0 amide bonds. The largest absolute Gasteiger partial charge is 0.304 e. The summed E-state index contributed by atoms with van der Waals surface area (Å²) in [6, 6.07) is 15.1. The molecule has 3 rings (SSSR count). The van der Waals surface area contributed by atoms with Crippen molar-refractivity contribution in [3.05, 3.63) is 54.1 Å². The molecule has 0 radical (unpaired) electrons. The summed E-state index contributed by atoms with van der Waals surface area (Å²) in [7, 11) is -3.68. The van der Waals surface area contributed by atoms with Gasteiger partial charge >= 0.3 is 0 Å². The maximum absolute atomic E-state index is 12.7. The van der Waals surface area contributed by atoms with E-state index < -0.39 is 15.6 Å². The van der Waals surface area contributed by atoms with Crippen LogP contribution in [-0.4, -0.2) is 29.2 Å². The third-order valence-corrected chi connectivity index (χ3v) is 6.12. The summed E-state index contributed by atoms with van der Waals surface area (Å²) in [5.74, 6) is 0. The standard InChI is InChI=1S/C18H22N4O2S2/c1-13(14-8-5-4-6-9-14)20-18(2,3)12-19-26(23,24)16-11-7-10-15-17(16)22-25-21-15/h4-11,13,19-20H,12H2,1-3H3. The lowest BCUT2D eigenvalue weighted by Crippen LogP contribution is -2.49. The summed E-state index contributed by atoms with van der Waals surface area (Å²) in [5.41, 5.74) is 1.72. The van der Waals surface area contributed by atoms with Crippen molar-refractivity contribution >= 4 is 32.8 Å². The molecule has 1 heterocycles. The van der Waals surface area contributed by atoms with Crippen molar-refractivity contribution in [2.45, 2.75) is 37.2 Å². The normalized spacial score (nSPS) is 13.8. The highest BCUT2D eigenvalue weighted by atomic mass is 32.2. The van der Waals surface area contributed by atoms with Gasteiger partial charge in [0.2, 0.25) is 10.0 Å². The second kappa shape index (κ2) is 7.40. The van der Waals surface area contributed by atoms with E-state index in [2.05, 4.69) is 25.7 Å². The maximum atomic E-state index is 12.7. The Morgan fingerprint density at radius 2 is 1.81 bits per heavy atom. The van der Waals surface area contributed by atoms with Gasteiger partial charge in [0.1, 0.15) is 15.9 Å². The summed E-state index contributed by atoms with van der Waals surface area (Å²) in [6.45, 7) is 6.26. The molecule has 0 fully saturated rings. The Kier molecular flexibility index (Phi) is 5.38. The molecular formula is C18H22N4O2S2. The highest BCUT2D eigenvalue weighted by Crippen LogP contribution is 2.21. The molecule has 1 aromatic heterocycles. The van der Waals surface area contributed by atoms with Crippen molar-refractivity contribution in [1.82, 2.24) is 18.8 Å². The van der Waals surface area contributed by atoms with Crippen LogP contribution in [0.4, 0.5) is 0 Å². The van der Waals surface area contributed by atoms with Crippen LogP contribution >= 0.6 is 11.7 Å². The molecule has 6 nitrogen and oxygen atoms in total. The molecule has 2 aromatic carbocycles. The highest BCUT2D eigenvalue weighted by molar-refractivity contribution is 7.89. The van der Waals surface area contributed by atoms with Crippen LogP contribution in [0.3, 0.4) is 0 Å². The van der Waals surface area contributed by atoms with E-state index in [1.807, 2.05) is 44.2 Å². The number of rotatable bonds is 7. The topological polar surface area (TPSA) is 84.0 Å². The lowest BCUT2D eigenvalue weighted by Gasteiger charge is -2.30. The molecule has 0 aliphatic heterocycles. The van der Waals surface area contributed by atoms with Gasteiger partial charge in [0.15, 0.2) is 0 Å². The second-order valence-corrected chi connectivity index (χ2v) is 9.14. The van der Waals surface area contributed by atoms with Gasteiger partial charge in [0, 0.05) is 18.1 Å². The van der Waals surface area contributed by atoms with Gasteiger partial charge in [-0.2, -0.15) is 8.75 Å². The van der Waals surface area contributed by atoms with E-state index in [9.17, 15) is 8.42 Å². The predicted octanol–water partition coefficient (Wildman–Crippen LogP) is 3.10. The van der Waals surface area contributed by atoms with Gasteiger partial charge in [-0.15, -0.1) is 0 Å². The van der Waals surface area contributed by atoms with Crippen LogP contribution in [0.15, 0.2) is 53.4 Å². The molecule has 1 atom stereocenters. The first-order valence-corrected chi connectivity index (χ1v) is 10.5. The van der Waals surface area contributed by atoms with Crippen molar-refractivity contribution in [3.63, 3.8) is 0 Å². The first-order valence-electron chi connectivity index (χ1n) is 8.32. The molecule has 0 saturated heterocycles. The van der Waals surface area contributed by atoms with Crippen LogP contribution in [0.1, 0.15) is 32.4 Å². The lowest BCUT2D eigenvalue weighted by molar-refractivity contribution is 0.346.